The summed E-state index contributed by atoms with van der Waals surface area (Å²) in [6.45, 7) is 0. The van der Waals surface area contributed by atoms with Crippen LogP contribution < -0.4 is 10.4 Å². The first-order valence-corrected chi connectivity index (χ1v) is 6.28. The summed E-state index contributed by atoms with van der Waals surface area (Å²) in [6, 6.07) is 12.4. The van der Waals surface area contributed by atoms with Crippen LogP contribution in [0.4, 0.5) is 13.2 Å². The summed E-state index contributed by atoms with van der Waals surface area (Å²) in [6.07, 6.45) is -4.78. The van der Waals surface area contributed by atoms with Crippen LogP contribution in [0.1, 0.15) is 0 Å². The Kier molecular flexibility index (Phi) is 3.32. The van der Waals surface area contributed by atoms with Crippen molar-refractivity contribution >= 4 is 10.9 Å². The fourth-order valence-corrected chi connectivity index (χ4v) is 2.15. The van der Waals surface area contributed by atoms with Crippen molar-refractivity contribution in [3.63, 3.8) is 0 Å². The molecule has 0 saturated heterocycles. The molecular formula is C15H9F3N2O2. The molecular weight excluding hydrogens is 297 g/mol. The molecule has 1 aromatic heterocycles. The van der Waals surface area contributed by atoms with Crippen LogP contribution in [0.2, 0.25) is 0 Å². The van der Waals surface area contributed by atoms with Crippen molar-refractivity contribution < 1.29 is 17.9 Å². The van der Waals surface area contributed by atoms with Gasteiger partial charge < -0.3 is 9.72 Å². The highest BCUT2D eigenvalue weighted by Crippen LogP contribution is 2.30. The lowest BCUT2D eigenvalue weighted by molar-refractivity contribution is -0.274. The van der Waals surface area contributed by atoms with Crippen molar-refractivity contribution in [2.75, 3.05) is 0 Å². The van der Waals surface area contributed by atoms with Gasteiger partial charge >= 0.3 is 12.1 Å². The van der Waals surface area contributed by atoms with E-state index in [1.165, 1.54) is 12.1 Å². The predicted octanol–water partition coefficient (Wildman–Crippen LogP) is 3.49. The molecule has 0 aliphatic carbocycles. The number of hydrogen-bond acceptors (Lipinski definition) is 3. The first kappa shape index (κ1) is 14.1. The van der Waals surface area contributed by atoms with E-state index >= 15 is 0 Å². The number of nitrogens with one attached hydrogen (secondary N) is 1. The molecule has 3 rings (SSSR count). The highest BCUT2D eigenvalue weighted by atomic mass is 19.4. The quantitative estimate of drug-likeness (QED) is 0.788. The lowest BCUT2D eigenvalue weighted by Gasteiger charge is -2.11. The van der Waals surface area contributed by atoms with E-state index in [2.05, 4.69) is 14.7 Å². The minimum absolute atomic E-state index is 0.298. The molecule has 2 aromatic carbocycles. The van der Waals surface area contributed by atoms with Crippen molar-refractivity contribution in [1.29, 1.82) is 0 Å². The second-order valence-corrected chi connectivity index (χ2v) is 4.51. The number of nitrogens with zero attached hydrogens (tertiary/aromatic N) is 1. The van der Waals surface area contributed by atoms with Crippen LogP contribution in [0.15, 0.2) is 53.3 Å². The summed E-state index contributed by atoms with van der Waals surface area (Å²) in [7, 11) is 0. The molecule has 1 heterocycles. The molecule has 0 spiro atoms. The lowest BCUT2D eigenvalue weighted by atomic mass is 10.1. The Morgan fingerprint density at radius 3 is 2.45 bits per heavy atom. The fraction of sp³-hybridized carbons (Fsp3) is 0.0667. The van der Waals surface area contributed by atoms with Crippen LogP contribution in [-0.2, 0) is 0 Å². The van der Waals surface area contributed by atoms with Gasteiger partial charge in [-0.1, -0.05) is 30.3 Å². The van der Waals surface area contributed by atoms with Crippen molar-refractivity contribution in [2.45, 2.75) is 6.36 Å². The van der Waals surface area contributed by atoms with E-state index < -0.39 is 12.1 Å². The summed E-state index contributed by atoms with van der Waals surface area (Å²) >= 11 is 0. The third-order valence-electron chi connectivity index (χ3n) is 2.98. The van der Waals surface area contributed by atoms with Gasteiger partial charge in [0.15, 0.2) is 0 Å². The Morgan fingerprint density at radius 1 is 1.05 bits per heavy atom. The minimum atomic E-state index is -4.78. The van der Waals surface area contributed by atoms with Gasteiger partial charge in [-0.15, -0.1) is 13.2 Å². The molecule has 22 heavy (non-hydrogen) atoms. The van der Waals surface area contributed by atoms with E-state index in [-0.39, 0.29) is 5.75 Å². The van der Waals surface area contributed by atoms with Gasteiger partial charge in [0.25, 0.3) is 0 Å². The van der Waals surface area contributed by atoms with Gasteiger partial charge in [-0.05, 0) is 18.2 Å². The van der Waals surface area contributed by atoms with Crippen LogP contribution in [0.3, 0.4) is 0 Å². The number of aromatic nitrogens is 2. The third-order valence-corrected chi connectivity index (χ3v) is 2.98. The minimum Gasteiger partial charge on any atom is -0.406 e. The summed E-state index contributed by atoms with van der Waals surface area (Å²) in [5.74, 6) is -0.369. The van der Waals surface area contributed by atoms with Gasteiger partial charge in [-0.25, -0.2) is 4.79 Å². The molecule has 0 bridgehead atoms. The Bertz CT molecular complexity index is 873. The van der Waals surface area contributed by atoms with Crippen LogP contribution in [0.5, 0.6) is 5.75 Å². The van der Waals surface area contributed by atoms with E-state index in [1.54, 1.807) is 30.3 Å². The second-order valence-electron chi connectivity index (χ2n) is 4.51. The maximum Gasteiger partial charge on any atom is 0.573 e. The van der Waals surface area contributed by atoms with Crippen LogP contribution >= 0.6 is 0 Å². The summed E-state index contributed by atoms with van der Waals surface area (Å²) < 4.78 is 40.9. The summed E-state index contributed by atoms with van der Waals surface area (Å²) in [5, 5.41) is 0.368. The molecule has 0 aliphatic heterocycles. The Morgan fingerprint density at radius 2 is 1.77 bits per heavy atom. The van der Waals surface area contributed by atoms with Gasteiger partial charge in [0.2, 0.25) is 0 Å². The average Bonchev–Trinajstić information content (AvgIpc) is 2.46. The number of fused-ring (bicyclic) bond motifs is 1. The highest BCUT2D eigenvalue weighted by molar-refractivity contribution is 5.92. The average molecular weight is 306 g/mol. The van der Waals surface area contributed by atoms with Gasteiger partial charge in [0.1, 0.15) is 5.75 Å². The topological polar surface area (TPSA) is 55.0 Å². The normalized spacial score (nSPS) is 11.6. The molecule has 0 aliphatic rings. The zero-order valence-corrected chi connectivity index (χ0v) is 11.0. The number of benzene rings is 2. The zero-order valence-electron chi connectivity index (χ0n) is 11.0. The number of hydrogen-bond donors (Lipinski definition) is 1. The van der Waals surface area contributed by atoms with E-state index in [0.717, 1.165) is 6.07 Å². The predicted molar refractivity (Wildman–Crippen MR) is 74.5 cm³/mol. The smallest absolute Gasteiger partial charge is 0.406 e. The number of halogens is 3. The third kappa shape index (κ3) is 2.93. The van der Waals surface area contributed by atoms with Crippen LogP contribution in [-0.4, -0.2) is 16.3 Å². The highest BCUT2D eigenvalue weighted by Gasteiger charge is 2.31. The maximum atomic E-state index is 12.3. The second kappa shape index (κ2) is 5.18. The Labute approximate surface area is 122 Å². The van der Waals surface area contributed by atoms with Gasteiger partial charge in [0, 0.05) is 10.9 Å². The number of ether oxygens (including phenoxy) is 1. The van der Waals surface area contributed by atoms with Crippen molar-refractivity contribution in [3.05, 3.63) is 59.0 Å². The van der Waals surface area contributed by atoms with Crippen molar-refractivity contribution in [3.8, 4) is 17.0 Å². The van der Waals surface area contributed by atoms with E-state index in [4.69, 9.17) is 0 Å². The largest absolute Gasteiger partial charge is 0.573 e. The molecule has 0 amide bonds. The number of rotatable bonds is 2. The molecule has 0 saturated carbocycles. The van der Waals surface area contributed by atoms with E-state index in [1.807, 2.05) is 0 Å². The first-order valence-electron chi connectivity index (χ1n) is 6.28. The molecule has 4 nitrogen and oxygen atoms in total. The molecule has 0 radical (unpaired) electrons. The number of aromatic amines is 1. The molecule has 112 valence electrons. The summed E-state index contributed by atoms with van der Waals surface area (Å²) in [5.41, 5.74) is 0.735. The monoisotopic (exact) mass is 306 g/mol. The molecule has 0 unspecified atom stereocenters. The van der Waals surface area contributed by atoms with Gasteiger partial charge in [-0.2, -0.15) is 4.98 Å². The molecule has 1 N–H and O–H groups in total. The zero-order chi connectivity index (χ0) is 15.7. The number of H-pyrrole nitrogens is 1. The molecule has 0 atom stereocenters. The van der Waals surface area contributed by atoms with E-state index in [0.29, 0.717) is 22.2 Å². The fourth-order valence-electron chi connectivity index (χ4n) is 2.15. The maximum absolute atomic E-state index is 12.3. The Hall–Kier alpha value is -2.83. The van der Waals surface area contributed by atoms with Crippen LogP contribution in [0, 0.1) is 0 Å². The SMILES string of the molecule is O=c1nc(-c2ccccc2)c2cc(OC(F)(F)F)ccc2[nH]1. The molecule has 0 fully saturated rings. The van der Waals surface area contributed by atoms with Crippen molar-refractivity contribution in [1.82, 2.24) is 9.97 Å². The Balaban J connectivity index is 2.22. The lowest BCUT2D eigenvalue weighted by Crippen LogP contribution is -2.17. The number of alkyl halides is 3. The molecule has 3 aromatic rings. The standard InChI is InChI=1S/C15H9F3N2O2/c16-15(17,18)22-10-6-7-12-11(8-10)13(20-14(21)19-12)9-4-2-1-3-5-9/h1-8H,(H,19,20,21). The van der Waals surface area contributed by atoms with Gasteiger partial charge in [0.05, 0.1) is 11.2 Å². The van der Waals surface area contributed by atoms with E-state index in [9.17, 15) is 18.0 Å². The van der Waals surface area contributed by atoms with Crippen LogP contribution in [0.25, 0.3) is 22.2 Å². The van der Waals surface area contributed by atoms with Crippen molar-refractivity contribution in [2.24, 2.45) is 0 Å². The first-order chi connectivity index (χ1) is 10.4. The van der Waals surface area contributed by atoms with Gasteiger partial charge in [-0.3, -0.25) is 0 Å². The molecule has 7 heteroatoms. The summed E-state index contributed by atoms with van der Waals surface area (Å²) in [4.78, 5) is 18.0.